The summed E-state index contributed by atoms with van der Waals surface area (Å²) >= 11 is 3.18. The van der Waals surface area contributed by atoms with Crippen LogP contribution in [0.1, 0.15) is 22.2 Å². The molecule has 0 saturated carbocycles. The lowest BCUT2D eigenvalue weighted by molar-refractivity contribution is 0.0746. The number of carbonyl (C=O) groups is 1. The van der Waals surface area contributed by atoms with Crippen LogP contribution >= 0.6 is 23.1 Å². The summed E-state index contributed by atoms with van der Waals surface area (Å²) in [5.74, 6) is 1.58. The molecule has 1 fully saturated rings. The van der Waals surface area contributed by atoms with Crippen LogP contribution in [0.15, 0.2) is 65.8 Å². The number of aryl methyl sites for hydroxylation is 1. The molecule has 1 aliphatic heterocycles. The van der Waals surface area contributed by atoms with Gasteiger partial charge in [-0.2, -0.15) is 0 Å². The smallest absolute Gasteiger partial charge is 0.253 e. The number of amides is 1. The van der Waals surface area contributed by atoms with Crippen LogP contribution in [-0.2, 0) is 6.42 Å². The number of nitrogens with zero attached hydrogens (tertiary/aromatic N) is 4. The maximum atomic E-state index is 13.2. The Hall–Kier alpha value is -2.94. The minimum atomic E-state index is 0.0695. The molecule has 35 heavy (non-hydrogen) atoms. The summed E-state index contributed by atoms with van der Waals surface area (Å²) in [5, 5.41) is 11.0. The lowest BCUT2D eigenvalue weighted by Crippen LogP contribution is -2.49. The third-order valence-electron chi connectivity index (χ3n) is 6.18. The van der Waals surface area contributed by atoms with Crippen LogP contribution in [0, 0.1) is 0 Å². The molecule has 5 rings (SSSR count). The van der Waals surface area contributed by atoms with Gasteiger partial charge in [-0.3, -0.25) is 4.79 Å². The Morgan fingerprint density at radius 1 is 1.00 bits per heavy atom. The highest BCUT2D eigenvalue weighted by Gasteiger charge is 2.25. The van der Waals surface area contributed by atoms with Gasteiger partial charge in [0.1, 0.15) is 10.6 Å². The molecule has 0 atom stereocenters. The van der Waals surface area contributed by atoms with E-state index in [1.54, 1.807) is 11.3 Å². The van der Waals surface area contributed by atoms with Crippen LogP contribution in [-0.4, -0.2) is 64.4 Å². The molecule has 1 amide bonds. The number of fused-ring (bicyclic) bond motifs is 1. The van der Waals surface area contributed by atoms with Crippen molar-refractivity contribution in [3.05, 3.63) is 71.1 Å². The molecule has 2 aromatic carbocycles. The number of hydrogen-bond donors (Lipinski definition) is 1. The van der Waals surface area contributed by atoms with E-state index in [0.717, 1.165) is 52.2 Å². The predicted molar refractivity (Wildman–Crippen MR) is 145 cm³/mol. The first kappa shape index (κ1) is 23.8. The van der Waals surface area contributed by atoms with E-state index in [-0.39, 0.29) is 12.5 Å². The summed E-state index contributed by atoms with van der Waals surface area (Å²) in [6.07, 6.45) is 0.963. The van der Waals surface area contributed by atoms with Crippen LogP contribution in [0.5, 0.6) is 0 Å². The number of carbonyl (C=O) groups excluding carboxylic acids is 1. The monoisotopic (exact) mass is 504 g/mol. The van der Waals surface area contributed by atoms with Crippen molar-refractivity contribution in [2.45, 2.75) is 18.5 Å². The minimum absolute atomic E-state index is 0.0695. The van der Waals surface area contributed by atoms with Gasteiger partial charge in [-0.1, -0.05) is 61.2 Å². The van der Waals surface area contributed by atoms with Crippen molar-refractivity contribution in [2.75, 3.05) is 43.4 Å². The Kier molecular flexibility index (Phi) is 7.32. The second-order valence-electron chi connectivity index (χ2n) is 8.41. The fraction of sp³-hybridized carbons (Fsp3) is 0.296. The number of thioether (sulfide) groups is 1. The van der Waals surface area contributed by atoms with Gasteiger partial charge in [0.05, 0.1) is 12.0 Å². The lowest BCUT2D eigenvalue weighted by Gasteiger charge is -2.35. The number of thiophene rings is 1. The van der Waals surface area contributed by atoms with Crippen molar-refractivity contribution < 1.29 is 9.90 Å². The van der Waals surface area contributed by atoms with Gasteiger partial charge in [0.2, 0.25) is 0 Å². The van der Waals surface area contributed by atoms with Gasteiger partial charge in [0.25, 0.3) is 5.91 Å². The third-order valence-corrected chi connectivity index (χ3v) is 8.18. The topological polar surface area (TPSA) is 69.6 Å². The van der Waals surface area contributed by atoms with E-state index < -0.39 is 0 Å². The number of hydrogen-bond acceptors (Lipinski definition) is 7. The molecule has 180 valence electrons. The first-order valence-electron chi connectivity index (χ1n) is 11.9. The number of aliphatic hydroxyl groups is 1. The van der Waals surface area contributed by atoms with E-state index >= 15 is 0 Å². The molecule has 1 saturated heterocycles. The number of aromatic nitrogens is 2. The van der Waals surface area contributed by atoms with Crippen molar-refractivity contribution in [3.63, 3.8) is 0 Å². The van der Waals surface area contributed by atoms with Crippen molar-refractivity contribution in [2.24, 2.45) is 0 Å². The SMILES string of the molecule is CCc1cc2c(N3CCN(C(=O)c4ccc(-c5ccccc5)cc4)CC3)nc(SCCO)nc2s1. The molecule has 0 bridgehead atoms. The molecular formula is C27H28N4O2S2. The molecule has 6 nitrogen and oxygen atoms in total. The number of benzene rings is 2. The average Bonchev–Trinajstić information content (AvgIpc) is 3.35. The zero-order chi connectivity index (χ0) is 24.2. The zero-order valence-electron chi connectivity index (χ0n) is 19.7. The lowest BCUT2D eigenvalue weighted by atomic mass is 10.0. The fourth-order valence-corrected chi connectivity index (χ4v) is 5.89. The molecule has 0 radical (unpaired) electrons. The highest BCUT2D eigenvalue weighted by molar-refractivity contribution is 7.99. The van der Waals surface area contributed by atoms with Crippen molar-refractivity contribution in [1.29, 1.82) is 0 Å². The van der Waals surface area contributed by atoms with Crippen LogP contribution in [0.25, 0.3) is 21.3 Å². The van der Waals surface area contributed by atoms with Crippen molar-refractivity contribution in [1.82, 2.24) is 14.9 Å². The molecule has 0 aliphatic carbocycles. The van der Waals surface area contributed by atoms with E-state index in [1.807, 2.05) is 47.4 Å². The molecule has 1 N–H and O–H groups in total. The van der Waals surface area contributed by atoms with Crippen LogP contribution in [0.4, 0.5) is 5.82 Å². The van der Waals surface area contributed by atoms with Gasteiger partial charge in [0, 0.05) is 42.4 Å². The van der Waals surface area contributed by atoms with Crippen molar-refractivity contribution >= 4 is 45.0 Å². The summed E-state index contributed by atoms with van der Waals surface area (Å²) in [6.45, 7) is 4.99. The number of aliphatic hydroxyl groups excluding tert-OH is 1. The Labute approximate surface area is 213 Å². The minimum Gasteiger partial charge on any atom is -0.396 e. The molecule has 0 spiro atoms. The van der Waals surface area contributed by atoms with E-state index in [0.29, 0.717) is 24.0 Å². The quantitative estimate of drug-likeness (QED) is 0.283. The number of piperazine rings is 1. The first-order chi connectivity index (χ1) is 17.2. The molecule has 1 aliphatic rings. The molecular weight excluding hydrogens is 476 g/mol. The second-order valence-corrected chi connectivity index (χ2v) is 10.6. The number of anilines is 1. The molecule has 2 aromatic heterocycles. The Balaban J connectivity index is 1.30. The summed E-state index contributed by atoms with van der Waals surface area (Å²) < 4.78 is 0. The maximum Gasteiger partial charge on any atom is 0.253 e. The maximum absolute atomic E-state index is 13.2. The first-order valence-corrected chi connectivity index (χ1v) is 13.7. The van der Waals surface area contributed by atoms with Gasteiger partial charge in [-0.15, -0.1) is 11.3 Å². The third kappa shape index (κ3) is 5.19. The van der Waals surface area contributed by atoms with Gasteiger partial charge in [-0.25, -0.2) is 9.97 Å². The van der Waals surface area contributed by atoms with E-state index in [4.69, 9.17) is 9.97 Å². The highest BCUT2D eigenvalue weighted by Crippen LogP contribution is 2.34. The van der Waals surface area contributed by atoms with E-state index in [9.17, 15) is 9.90 Å². The highest BCUT2D eigenvalue weighted by atomic mass is 32.2. The zero-order valence-corrected chi connectivity index (χ0v) is 21.3. The predicted octanol–water partition coefficient (Wildman–Crippen LogP) is 4.97. The van der Waals surface area contributed by atoms with Crippen molar-refractivity contribution in [3.8, 4) is 11.1 Å². The Morgan fingerprint density at radius 2 is 1.71 bits per heavy atom. The molecule has 3 heterocycles. The normalized spacial score (nSPS) is 14.0. The molecule has 8 heteroatoms. The Morgan fingerprint density at radius 3 is 2.40 bits per heavy atom. The summed E-state index contributed by atoms with van der Waals surface area (Å²) in [6, 6.07) is 20.3. The summed E-state index contributed by atoms with van der Waals surface area (Å²) in [4.78, 5) is 29.2. The van der Waals surface area contributed by atoms with Gasteiger partial charge in [-0.05, 0) is 35.7 Å². The summed E-state index contributed by atoms with van der Waals surface area (Å²) in [5.41, 5.74) is 2.97. The van der Waals surface area contributed by atoms with E-state index in [1.165, 1.54) is 16.6 Å². The fourth-order valence-electron chi connectivity index (χ4n) is 4.29. The van der Waals surface area contributed by atoms with Gasteiger partial charge < -0.3 is 14.9 Å². The second kappa shape index (κ2) is 10.8. The van der Waals surface area contributed by atoms with E-state index in [2.05, 4.69) is 30.0 Å². The summed E-state index contributed by atoms with van der Waals surface area (Å²) in [7, 11) is 0. The molecule has 4 aromatic rings. The van der Waals surface area contributed by atoms with Gasteiger partial charge >= 0.3 is 0 Å². The standard InChI is InChI=1S/C27H28N4O2S2/c1-2-22-18-23-24(28-27(34-17-16-32)29-25(23)35-22)30-12-14-31(15-13-30)26(33)21-10-8-20(9-11-21)19-6-4-3-5-7-19/h3-11,18,32H,2,12-17H2,1H3. The van der Waals surface area contributed by atoms with Gasteiger partial charge in [0.15, 0.2) is 5.16 Å². The Bertz CT molecular complexity index is 1300. The largest absolute Gasteiger partial charge is 0.396 e. The van der Waals surface area contributed by atoms with Crippen LogP contribution in [0.3, 0.4) is 0 Å². The van der Waals surface area contributed by atoms with Crippen LogP contribution < -0.4 is 4.90 Å². The number of rotatable bonds is 7. The average molecular weight is 505 g/mol. The molecule has 0 unspecified atom stereocenters. The van der Waals surface area contributed by atoms with Crippen LogP contribution in [0.2, 0.25) is 0 Å².